The Hall–Kier alpha value is -1.39. The molecule has 0 spiro atoms. The lowest BCUT2D eigenvalue weighted by Gasteiger charge is -2.37. The number of rotatable bonds is 3. The molecule has 0 aliphatic carbocycles. The number of hydrogen-bond acceptors (Lipinski definition) is 3. The fourth-order valence-corrected chi connectivity index (χ4v) is 4.26. The van der Waals surface area contributed by atoms with Crippen LogP contribution >= 0.6 is 0 Å². The average Bonchev–Trinajstić information content (AvgIpc) is 3.15. The lowest BCUT2D eigenvalue weighted by molar-refractivity contribution is 0.144. The Balaban J connectivity index is 1.41. The van der Waals surface area contributed by atoms with Crippen LogP contribution < -0.4 is 5.32 Å². The molecule has 2 fully saturated rings. The van der Waals surface area contributed by atoms with Gasteiger partial charge in [-0.05, 0) is 67.9 Å². The van der Waals surface area contributed by atoms with Gasteiger partial charge in [0.15, 0.2) is 0 Å². The summed E-state index contributed by atoms with van der Waals surface area (Å²) in [6, 6.07) is 4.24. The highest BCUT2D eigenvalue weighted by Crippen LogP contribution is 2.34. The first-order valence-electron chi connectivity index (χ1n) is 8.59. The second-order valence-corrected chi connectivity index (χ2v) is 7.43. The Labute approximate surface area is 132 Å². The molecule has 4 heteroatoms. The highest BCUT2D eigenvalue weighted by atomic mass is 15.1. The molecule has 0 radical (unpaired) electrons. The van der Waals surface area contributed by atoms with Gasteiger partial charge >= 0.3 is 0 Å². The predicted octanol–water partition coefficient (Wildman–Crippen LogP) is 2.74. The van der Waals surface area contributed by atoms with Crippen molar-refractivity contribution in [3.8, 4) is 0 Å². The summed E-state index contributed by atoms with van der Waals surface area (Å²) >= 11 is 0. The first-order valence-corrected chi connectivity index (χ1v) is 8.59. The average molecular weight is 298 g/mol. The molecule has 0 bridgehead atoms. The first kappa shape index (κ1) is 14.2. The van der Waals surface area contributed by atoms with Crippen molar-refractivity contribution in [2.24, 2.45) is 5.41 Å². The zero-order valence-corrected chi connectivity index (χ0v) is 13.4. The van der Waals surface area contributed by atoms with Crippen molar-refractivity contribution in [3.63, 3.8) is 0 Å². The van der Waals surface area contributed by atoms with Crippen molar-refractivity contribution in [1.29, 1.82) is 0 Å². The van der Waals surface area contributed by atoms with Gasteiger partial charge in [-0.25, -0.2) is 4.98 Å². The van der Waals surface area contributed by atoms with Gasteiger partial charge < -0.3 is 15.2 Å². The fraction of sp³-hybridized carbons (Fsp3) is 0.611. The number of H-pyrrole nitrogens is 1. The van der Waals surface area contributed by atoms with Crippen molar-refractivity contribution in [3.05, 3.63) is 30.1 Å². The second-order valence-electron chi connectivity index (χ2n) is 7.43. The van der Waals surface area contributed by atoms with E-state index in [0.29, 0.717) is 11.3 Å². The molecule has 118 valence electrons. The number of likely N-dealkylation sites (tertiary alicyclic amines) is 1. The zero-order valence-electron chi connectivity index (χ0n) is 13.4. The standard InChI is InChI=1S/C18H26N4/c1-18(6-8-19-12-18)13-22-9-4-14(5-10-22)16-11-21-17-15(16)3-2-7-20-17/h2-3,7,11,14,19H,4-6,8-10,12-13H2,1H3,(H,20,21). The van der Waals surface area contributed by atoms with Crippen molar-refractivity contribution in [2.45, 2.75) is 32.1 Å². The zero-order chi connectivity index (χ0) is 15.0. The molecule has 2 N–H and O–H groups in total. The molecule has 2 saturated heterocycles. The largest absolute Gasteiger partial charge is 0.346 e. The van der Waals surface area contributed by atoms with Gasteiger partial charge in [0.25, 0.3) is 0 Å². The summed E-state index contributed by atoms with van der Waals surface area (Å²) in [7, 11) is 0. The van der Waals surface area contributed by atoms with Gasteiger partial charge in [-0.2, -0.15) is 0 Å². The van der Waals surface area contributed by atoms with E-state index in [9.17, 15) is 0 Å². The van der Waals surface area contributed by atoms with Gasteiger partial charge in [-0.1, -0.05) is 6.92 Å². The number of pyridine rings is 1. The van der Waals surface area contributed by atoms with Crippen LogP contribution in [0.15, 0.2) is 24.5 Å². The molecule has 22 heavy (non-hydrogen) atoms. The summed E-state index contributed by atoms with van der Waals surface area (Å²) in [4.78, 5) is 10.4. The number of aromatic amines is 1. The van der Waals surface area contributed by atoms with E-state index in [4.69, 9.17) is 0 Å². The molecule has 0 amide bonds. The van der Waals surface area contributed by atoms with Crippen LogP contribution in [0.2, 0.25) is 0 Å². The summed E-state index contributed by atoms with van der Waals surface area (Å²) in [5.41, 5.74) is 2.98. The Morgan fingerprint density at radius 2 is 2.23 bits per heavy atom. The van der Waals surface area contributed by atoms with Crippen LogP contribution in [-0.2, 0) is 0 Å². The van der Waals surface area contributed by atoms with E-state index in [1.807, 2.05) is 12.3 Å². The number of aromatic nitrogens is 2. The molecule has 2 aliphatic rings. The van der Waals surface area contributed by atoms with Crippen molar-refractivity contribution in [1.82, 2.24) is 20.2 Å². The second kappa shape index (κ2) is 5.67. The molecular weight excluding hydrogens is 272 g/mol. The maximum Gasteiger partial charge on any atom is 0.137 e. The quantitative estimate of drug-likeness (QED) is 0.916. The van der Waals surface area contributed by atoms with Crippen molar-refractivity contribution >= 4 is 11.0 Å². The lowest BCUT2D eigenvalue weighted by Crippen LogP contribution is -2.41. The van der Waals surface area contributed by atoms with Crippen LogP contribution in [0.3, 0.4) is 0 Å². The highest BCUT2D eigenvalue weighted by Gasteiger charge is 2.32. The summed E-state index contributed by atoms with van der Waals surface area (Å²) in [6.07, 6.45) is 7.90. The van der Waals surface area contributed by atoms with E-state index >= 15 is 0 Å². The van der Waals surface area contributed by atoms with Gasteiger partial charge in [-0.3, -0.25) is 0 Å². The van der Waals surface area contributed by atoms with Crippen LogP contribution in [0.4, 0.5) is 0 Å². The Morgan fingerprint density at radius 1 is 1.36 bits per heavy atom. The molecule has 1 unspecified atom stereocenters. The third kappa shape index (κ3) is 2.66. The molecule has 1 atom stereocenters. The smallest absolute Gasteiger partial charge is 0.137 e. The van der Waals surface area contributed by atoms with Crippen LogP contribution in [-0.4, -0.2) is 47.6 Å². The van der Waals surface area contributed by atoms with Gasteiger partial charge in [-0.15, -0.1) is 0 Å². The van der Waals surface area contributed by atoms with Gasteiger partial charge in [0, 0.05) is 30.9 Å². The molecular formula is C18H26N4. The lowest BCUT2D eigenvalue weighted by atomic mass is 9.86. The molecule has 4 rings (SSSR count). The molecule has 4 heterocycles. The van der Waals surface area contributed by atoms with Crippen LogP contribution in [0.5, 0.6) is 0 Å². The summed E-state index contributed by atoms with van der Waals surface area (Å²) < 4.78 is 0. The maximum absolute atomic E-state index is 4.42. The first-order chi connectivity index (χ1) is 10.7. The fourth-order valence-electron chi connectivity index (χ4n) is 4.26. The Bertz CT molecular complexity index is 633. The maximum atomic E-state index is 4.42. The summed E-state index contributed by atoms with van der Waals surface area (Å²) in [5.74, 6) is 0.684. The van der Waals surface area contributed by atoms with E-state index in [1.54, 1.807) is 0 Å². The SMILES string of the molecule is CC1(CN2CCC(c3c[nH]c4ncccc34)CC2)CCNC1. The van der Waals surface area contributed by atoms with E-state index in [0.717, 1.165) is 5.65 Å². The summed E-state index contributed by atoms with van der Waals surface area (Å²) in [6.45, 7) is 8.52. The van der Waals surface area contributed by atoms with Gasteiger partial charge in [0.05, 0.1) is 0 Å². The van der Waals surface area contributed by atoms with Crippen molar-refractivity contribution < 1.29 is 0 Å². The van der Waals surface area contributed by atoms with E-state index in [-0.39, 0.29) is 0 Å². The highest BCUT2D eigenvalue weighted by molar-refractivity contribution is 5.80. The molecule has 2 aliphatic heterocycles. The monoisotopic (exact) mass is 298 g/mol. The minimum Gasteiger partial charge on any atom is -0.346 e. The number of piperidine rings is 1. The third-order valence-corrected chi connectivity index (χ3v) is 5.57. The molecule has 2 aromatic heterocycles. The Kier molecular flexibility index (Phi) is 3.66. The number of hydrogen-bond donors (Lipinski definition) is 2. The summed E-state index contributed by atoms with van der Waals surface area (Å²) in [5, 5.41) is 4.83. The normalized spacial score (nSPS) is 27.7. The molecule has 4 nitrogen and oxygen atoms in total. The molecule has 0 aromatic carbocycles. The van der Waals surface area contributed by atoms with Crippen molar-refractivity contribution in [2.75, 3.05) is 32.7 Å². The topological polar surface area (TPSA) is 44.0 Å². The van der Waals surface area contributed by atoms with Gasteiger partial charge in [0.2, 0.25) is 0 Å². The Morgan fingerprint density at radius 3 is 3.00 bits per heavy atom. The van der Waals surface area contributed by atoms with E-state index in [1.165, 1.54) is 62.9 Å². The van der Waals surface area contributed by atoms with E-state index < -0.39 is 0 Å². The molecule has 0 saturated carbocycles. The number of fused-ring (bicyclic) bond motifs is 1. The molecule has 2 aromatic rings. The minimum absolute atomic E-state index is 0.484. The predicted molar refractivity (Wildman–Crippen MR) is 90.1 cm³/mol. The van der Waals surface area contributed by atoms with Crippen LogP contribution in [0.1, 0.15) is 37.7 Å². The van der Waals surface area contributed by atoms with Gasteiger partial charge in [0.1, 0.15) is 5.65 Å². The number of nitrogens with zero attached hydrogens (tertiary/aromatic N) is 2. The van der Waals surface area contributed by atoms with Crippen LogP contribution in [0, 0.1) is 5.41 Å². The number of nitrogens with one attached hydrogen (secondary N) is 2. The van der Waals surface area contributed by atoms with Crippen LogP contribution in [0.25, 0.3) is 11.0 Å². The van der Waals surface area contributed by atoms with E-state index in [2.05, 4.69) is 39.4 Å². The third-order valence-electron chi connectivity index (χ3n) is 5.57. The minimum atomic E-state index is 0.484.